The van der Waals surface area contributed by atoms with E-state index in [0.717, 1.165) is 36.3 Å². The fourth-order valence-electron chi connectivity index (χ4n) is 3.25. The number of carbonyl (C=O) groups excluding carboxylic acids is 1. The molecule has 1 atom stereocenters. The van der Waals surface area contributed by atoms with Crippen LogP contribution in [0.5, 0.6) is 0 Å². The van der Waals surface area contributed by atoms with Crippen LogP contribution in [0, 0.1) is 0 Å². The molecule has 1 aliphatic heterocycles. The summed E-state index contributed by atoms with van der Waals surface area (Å²) >= 11 is 5.88. The zero-order valence-corrected chi connectivity index (χ0v) is 15.4. The van der Waals surface area contributed by atoms with Gasteiger partial charge in [0.2, 0.25) is 5.91 Å². The Balaban J connectivity index is 1.35. The number of hydrogen-bond donors (Lipinski definition) is 3. The Bertz CT molecular complexity index is 927. The van der Waals surface area contributed by atoms with Gasteiger partial charge in [0.25, 0.3) is 0 Å². The molecular formula is C18H20ClN7O. The van der Waals surface area contributed by atoms with E-state index in [1.807, 2.05) is 17.0 Å². The predicted octanol–water partition coefficient (Wildman–Crippen LogP) is 2.52. The van der Waals surface area contributed by atoms with Gasteiger partial charge in [-0.15, -0.1) is 0 Å². The van der Waals surface area contributed by atoms with Crippen LogP contribution in [0.15, 0.2) is 36.8 Å². The van der Waals surface area contributed by atoms with Crippen LogP contribution in [0.25, 0.3) is 11.0 Å². The first-order valence-electron chi connectivity index (χ1n) is 8.87. The molecule has 3 heterocycles. The van der Waals surface area contributed by atoms with Crippen molar-refractivity contribution >= 4 is 40.0 Å². The van der Waals surface area contributed by atoms with Crippen LogP contribution < -0.4 is 10.6 Å². The standard InChI is InChI=1S/C18H20ClN7O/c19-12-3-5-13(6-4-12)20-9-16(27)26-7-1-2-14(10-26)24-17-15-8-23-25-18(15)22-11-21-17/h3-6,8,11,14,20H,1-2,7,9-10H2,(H2,21,22,23,24,25)/t14-/m0/s1. The van der Waals surface area contributed by atoms with Gasteiger partial charge in [-0.2, -0.15) is 5.10 Å². The van der Waals surface area contributed by atoms with Crippen LogP contribution in [0.4, 0.5) is 11.5 Å². The maximum Gasteiger partial charge on any atom is 0.241 e. The SMILES string of the molecule is O=C(CNc1ccc(Cl)cc1)N1CCC[C@H](Nc2ncnc3[nH]ncc23)C1. The monoisotopic (exact) mass is 385 g/mol. The molecule has 1 saturated heterocycles. The number of fused-ring (bicyclic) bond motifs is 1. The number of aromatic nitrogens is 4. The van der Waals surface area contributed by atoms with Gasteiger partial charge in [0.1, 0.15) is 12.1 Å². The third kappa shape index (κ3) is 4.11. The summed E-state index contributed by atoms with van der Waals surface area (Å²) in [5.74, 6) is 0.819. The maximum atomic E-state index is 12.6. The van der Waals surface area contributed by atoms with Crippen molar-refractivity contribution in [1.29, 1.82) is 0 Å². The summed E-state index contributed by atoms with van der Waals surface area (Å²) in [6.07, 6.45) is 5.14. The quantitative estimate of drug-likeness (QED) is 0.624. The van der Waals surface area contributed by atoms with Crippen LogP contribution in [0.3, 0.4) is 0 Å². The molecule has 1 amide bonds. The van der Waals surface area contributed by atoms with Crippen molar-refractivity contribution in [1.82, 2.24) is 25.1 Å². The molecule has 3 aromatic rings. The summed E-state index contributed by atoms with van der Waals surface area (Å²) in [6.45, 7) is 1.67. The largest absolute Gasteiger partial charge is 0.376 e. The van der Waals surface area contributed by atoms with Crippen molar-refractivity contribution in [3.63, 3.8) is 0 Å². The molecule has 0 spiro atoms. The van der Waals surface area contributed by atoms with Gasteiger partial charge < -0.3 is 15.5 Å². The lowest BCUT2D eigenvalue weighted by Crippen LogP contribution is -2.47. The van der Waals surface area contributed by atoms with E-state index in [2.05, 4.69) is 30.8 Å². The first-order valence-corrected chi connectivity index (χ1v) is 9.24. The summed E-state index contributed by atoms with van der Waals surface area (Å²) in [7, 11) is 0. The van der Waals surface area contributed by atoms with Crippen molar-refractivity contribution in [3.05, 3.63) is 41.8 Å². The fourth-order valence-corrected chi connectivity index (χ4v) is 3.38. The van der Waals surface area contributed by atoms with Gasteiger partial charge in [-0.05, 0) is 37.1 Å². The molecule has 0 aliphatic carbocycles. The smallest absolute Gasteiger partial charge is 0.241 e. The number of likely N-dealkylation sites (tertiary alicyclic amines) is 1. The zero-order valence-electron chi connectivity index (χ0n) is 14.7. The minimum atomic E-state index is 0.0765. The number of rotatable bonds is 5. The molecule has 4 rings (SSSR count). The molecule has 140 valence electrons. The van der Waals surface area contributed by atoms with Crippen molar-refractivity contribution in [2.75, 3.05) is 30.3 Å². The highest BCUT2D eigenvalue weighted by Gasteiger charge is 2.24. The van der Waals surface area contributed by atoms with Gasteiger partial charge in [-0.25, -0.2) is 9.97 Å². The van der Waals surface area contributed by atoms with E-state index in [0.29, 0.717) is 17.2 Å². The highest BCUT2D eigenvalue weighted by Crippen LogP contribution is 2.20. The highest BCUT2D eigenvalue weighted by atomic mass is 35.5. The number of carbonyl (C=O) groups is 1. The van der Waals surface area contributed by atoms with E-state index in [1.165, 1.54) is 6.33 Å². The van der Waals surface area contributed by atoms with E-state index in [-0.39, 0.29) is 18.5 Å². The van der Waals surface area contributed by atoms with Gasteiger partial charge in [0, 0.05) is 29.8 Å². The molecule has 0 radical (unpaired) electrons. The molecule has 9 heteroatoms. The molecule has 27 heavy (non-hydrogen) atoms. The summed E-state index contributed by atoms with van der Waals surface area (Å²) in [5, 5.41) is 15.0. The Kier molecular flexibility index (Phi) is 5.06. The first kappa shape index (κ1) is 17.5. The molecule has 0 saturated carbocycles. The molecule has 3 N–H and O–H groups in total. The van der Waals surface area contributed by atoms with E-state index >= 15 is 0 Å². The van der Waals surface area contributed by atoms with E-state index < -0.39 is 0 Å². The molecule has 8 nitrogen and oxygen atoms in total. The number of nitrogens with one attached hydrogen (secondary N) is 3. The summed E-state index contributed by atoms with van der Waals surface area (Å²) < 4.78 is 0. The Morgan fingerprint density at radius 2 is 2.15 bits per heavy atom. The van der Waals surface area contributed by atoms with Gasteiger partial charge in [-0.3, -0.25) is 9.89 Å². The van der Waals surface area contributed by atoms with Crippen LogP contribution >= 0.6 is 11.6 Å². The number of amides is 1. The lowest BCUT2D eigenvalue weighted by molar-refractivity contribution is -0.130. The topological polar surface area (TPSA) is 98.8 Å². The first-order chi connectivity index (χ1) is 13.2. The van der Waals surface area contributed by atoms with Crippen LogP contribution in [-0.2, 0) is 4.79 Å². The van der Waals surface area contributed by atoms with Crippen LogP contribution in [0.2, 0.25) is 5.02 Å². The average molecular weight is 386 g/mol. The van der Waals surface area contributed by atoms with Gasteiger partial charge >= 0.3 is 0 Å². The Morgan fingerprint density at radius 3 is 3.00 bits per heavy atom. The van der Waals surface area contributed by atoms with E-state index in [4.69, 9.17) is 11.6 Å². The molecular weight excluding hydrogens is 366 g/mol. The summed E-state index contributed by atoms with van der Waals surface area (Å²) in [4.78, 5) is 22.9. The lowest BCUT2D eigenvalue weighted by Gasteiger charge is -2.33. The zero-order chi connectivity index (χ0) is 18.6. The van der Waals surface area contributed by atoms with E-state index in [1.54, 1.807) is 18.3 Å². The molecule has 0 unspecified atom stereocenters. The van der Waals surface area contributed by atoms with Crippen molar-refractivity contribution in [2.24, 2.45) is 0 Å². The number of anilines is 2. The molecule has 0 bridgehead atoms. The maximum absolute atomic E-state index is 12.6. The third-order valence-electron chi connectivity index (χ3n) is 4.65. The normalized spacial score (nSPS) is 17.1. The number of halogens is 1. The highest BCUT2D eigenvalue weighted by molar-refractivity contribution is 6.30. The summed E-state index contributed by atoms with van der Waals surface area (Å²) in [5.41, 5.74) is 1.58. The van der Waals surface area contributed by atoms with Gasteiger partial charge in [0.05, 0.1) is 18.1 Å². The van der Waals surface area contributed by atoms with Gasteiger partial charge in [0.15, 0.2) is 5.65 Å². The second-order valence-corrected chi connectivity index (χ2v) is 6.97. The number of hydrogen-bond acceptors (Lipinski definition) is 6. The average Bonchev–Trinajstić information content (AvgIpc) is 3.17. The lowest BCUT2D eigenvalue weighted by atomic mass is 10.1. The molecule has 1 aromatic carbocycles. The van der Waals surface area contributed by atoms with Crippen molar-refractivity contribution < 1.29 is 4.79 Å². The second-order valence-electron chi connectivity index (χ2n) is 6.54. The fraction of sp³-hybridized carbons (Fsp3) is 0.333. The number of nitrogens with zero attached hydrogens (tertiary/aromatic N) is 4. The number of aromatic amines is 1. The van der Waals surface area contributed by atoms with Crippen LogP contribution in [0.1, 0.15) is 12.8 Å². The van der Waals surface area contributed by atoms with Crippen molar-refractivity contribution in [3.8, 4) is 0 Å². The third-order valence-corrected chi connectivity index (χ3v) is 4.90. The minimum Gasteiger partial charge on any atom is -0.376 e. The predicted molar refractivity (Wildman–Crippen MR) is 105 cm³/mol. The Hall–Kier alpha value is -2.87. The molecule has 1 fully saturated rings. The van der Waals surface area contributed by atoms with Gasteiger partial charge in [-0.1, -0.05) is 11.6 Å². The number of piperidine rings is 1. The number of benzene rings is 1. The van der Waals surface area contributed by atoms with E-state index in [9.17, 15) is 4.79 Å². The number of H-pyrrole nitrogens is 1. The van der Waals surface area contributed by atoms with Crippen LogP contribution in [-0.4, -0.2) is 56.6 Å². The Labute approximate surface area is 161 Å². The minimum absolute atomic E-state index is 0.0765. The molecule has 2 aromatic heterocycles. The molecule has 1 aliphatic rings. The van der Waals surface area contributed by atoms with Crippen molar-refractivity contribution in [2.45, 2.75) is 18.9 Å². The Morgan fingerprint density at radius 1 is 1.30 bits per heavy atom. The summed E-state index contributed by atoms with van der Waals surface area (Å²) in [6, 6.07) is 7.47. The second kappa shape index (κ2) is 7.79.